The molecule has 1 aliphatic heterocycles. The Morgan fingerprint density at radius 1 is 1.31 bits per heavy atom. The van der Waals surface area contributed by atoms with Gasteiger partial charge in [-0.25, -0.2) is 4.98 Å². The Morgan fingerprint density at radius 3 is 2.76 bits per heavy atom. The standard InChI is InChI=1S/C20H22F3N3O2S/c1-12(2)17(27)24-15-7-4-8-26(10-15)19(28)16-11-29-18(25-16)13-5-3-6-14(9-13)20(21,22)23/h3,5-6,9,11-12,15H,4,7-8,10H2,1-2H3,(H,24,27). The highest BCUT2D eigenvalue weighted by molar-refractivity contribution is 7.13. The number of hydrogen-bond donors (Lipinski definition) is 1. The first kappa shape index (κ1) is 21.3. The molecule has 1 aliphatic rings. The van der Waals surface area contributed by atoms with Gasteiger partial charge in [0, 0.05) is 36.0 Å². The zero-order valence-corrected chi connectivity index (χ0v) is 16.9. The van der Waals surface area contributed by atoms with Crippen LogP contribution in [-0.2, 0) is 11.0 Å². The Balaban J connectivity index is 1.72. The summed E-state index contributed by atoms with van der Waals surface area (Å²) in [6.07, 6.45) is -2.87. The average molecular weight is 425 g/mol. The first-order valence-electron chi connectivity index (χ1n) is 9.38. The summed E-state index contributed by atoms with van der Waals surface area (Å²) in [5.74, 6) is -0.456. The predicted molar refractivity (Wildman–Crippen MR) is 104 cm³/mol. The van der Waals surface area contributed by atoms with E-state index in [1.54, 1.807) is 16.3 Å². The molecule has 1 fully saturated rings. The number of nitrogens with one attached hydrogen (secondary N) is 1. The number of likely N-dealkylation sites (tertiary alicyclic amines) is 1. The Bertz CT molecular complexity index is 895. The van der Waals surface area contributed by atoms with Crippen LogP contribution in [0.2, 0.25) is 0 Å². The lowest BCUT2D eigenvalue weighted by molar-refractivity contribution is -0.137. The van der Waals surface area contributed by atoms with Crippen molar-refractivity contribution in [1.82, 2.24) is 15.2 Å². The molecule has 0 saturated carbocycles. The lowest BCUT2D eigenvalue weighted by atomic mass is 10.0. The van der Waals surface area contributed by atoms with Crippen molar-refractivity contribution in [3.63, 3.8) is 0 Å². The topological polar surface area (TPSA) is 62.3 Å². The SMILES string of the molecule is CC(C)C(=O)NC1CCCN(C(=O)c2csc(-c3cccc(C(F)(F)F)c3)n2)C1. The average Bonchev–Trinajstić information content (AvgIpc) is 3.17. The van der Waals surface area contributed by atoms with Crippen molar-refractivity contribution in [1.29, 1.82) is 0 Å². The number of amides is 2. The maximum atomic E-state index is 12.9. The van der Waals surface area contributed by atoms with Gasteiger partial charge in [0.2, 0.25) is 5.91 Å². The van der Waals surface area contributed by atoms with Crippen molar-refractivity contribution in [2.75, 3.05) is 13.1 Å². The Labute approximate surface area is 170 Å². The molecule has 29 heavy (non-hydrogen) atoms. The molecule has 1 N–H and O–H groups in total. The fourth-order valence-corrected chi connectivity index (χ4v) is 3.93. The van der Waals surface area contributed by atoms with Crippen molar-refractivity contribution < 1.29 is 22.8 Å². The molecule has 1 saturated heterocycles. The van der Waals surface area contributed by atoms with E-state index in [0.29, 0.717) is 23.7 Å². The molecule has 0 radical (unpaired) electrons. The van der Waals surface area contributed by atoms with E-state index in [0.717, 1.165) is 36.3 Å². The molecule has 1 unspecified atom stereocenters. The van der Waals surface area contributed by atoms with E-state index in [1.165, 1.54) is 6.07 Å². The van der Waals surface area contributed by atoms with Crippen molar-refractivity contribution >= 4 is 23.2 Å². The summed E-state index contributed by atoms with van der Waals surface area (Å²) in [6, 6.07) is 4.80. The molecule has 1 aromatic carbocycles. The second-order valence-corrected chi connectivity index (χ2v) is 8.23. The maximum absolute atomic E-state index is 12.9. The number of carbonyl (C=O) groups is 2. The first-order valence-corrected chi connectivity index (χ1v) is 10.3. The van der Waals surface area contributed by atoms with Gasteiger partial charge in [-0.1, -0.05) is 26.0 Å². The number of nitrogens with zero attached hydrogens (tertiary/aromatic N) is 2. The van der Waals surface area contributed by atoms with Crippen molar-refractivity contribution in [3.8, 4) is 10.6 Å². The van der Waals surface area contributed by atoms with Gasteiger partial charge < -0.3 is 10.2 Å². The zero-order valence-electron chi connectivity index (χ0n) is 16.1. The number of halogens is 3. The second-order valence-electron chi connectivity index (χ2n) is 7.37. The van der Waals surface area contributed by atoms with E-state index < -0.39 is 11.7 Å². The van der Waals surface area contributed by atoms with Crippen LogP contribution in [0.1, 0.15) is 42.7 Å². The lowest BCUT2D eigenvalue weighted by Crippen LogP contribution is -2.50. The van der Waals surface area contributed by atoms with Gasteiger partial charge >= 0.3 is 6.18 Å². The largest absolute Gasteiger partial charge is 0.416 e. The van der Waals surface area contributed by atoms with Gasteiger partial charge in [-0.2, -0.15) is 13.2 Å². The molecule has 2 heterocycles. The second kappa shape index (κ2) is 8.52. The molecule has 2 amide bonds. The Kier molecular flexibility index (Phi) is 6.26. The van der Waals surface area contributed by atoms with Gasteiger partial charge in [0.1, 0.15) is 10.7 Å². The van der Waals surface area contributed by atoms with Crippen LogP contribution in [0, 0.1) is 5.92 Å². The third kappa shape index (κ3) is 5.14. The molecule has 3 rings (SSSR count). The van der Waals surface area contributed by atoms with Gasteiger partial charge in [-0.05, 0) is 25.0 Å². The van der Waals surface area contributed by atoms with Crippen LogP contribution >= 0.6 is 11.3 Å². The number of carbonyl (C=O) groups excluding carboxylic acids is 2. The minimum atomic E-state index is -4.44. The smallest absolute Gasteiger partial charge is 0.351 e. The molecule has 0 bridgehead atoms. The third-order valence-corrected chi connectivity index (χ3v) is 5.63. The third-order valence-electron chi connectivity index (χ3n) is 4.74. The van der Waals surface area contributed by atoms with Crippen molar-refractivity contribution in [3.05, 3.63) is 40.9 Å². The van der Waals surface area contributed by atoms with E-state index in [1.807, 2.05) is 13.8 Å². The summed E-state index contributed by atoms with van der Waals surface area (Å²) >= 11 is 1.13. The van der Waals surface area contributed by atoms with Crippen LogP contribution in [0.15, 0.2) is 29.6 Å². The van der Waals surface area contributed by atoms with Crippen LogP contribution in [0.25, 0.3) is 10.6 Å². The fraction of sp³-hybridized carbons (Fsp3) is 0.450. The van der Waals surface area contributed by atoms with E-state index in [4.69, 9.17) is 0 Å². The molecule has 0 aliphatic carbocycles. The number of alkyl halides is 3. The minimum absolute atomic E-state index is 0.0511. The van der Waals surface area contributed by atoms with Gasteiger partial charge in [0.15, 0.2) is 0 Å². The number of rotatable bonds is 4. The minimum Gasteiger partial charge on any atom is -0.351 e. The van der Waals surface area contributed by atoms with E-state index in [-0.39, 0.29) is 29.5 Å². The number of aromatic nitrogens is 1. The van der Waals surface area contributed by atoms with E-state index >= 15 is 0 Å². The number of piperidine rings is 1. The quantitative estimate of drug-likeness (QED) is 0.799. The molecule has 9 heteroatoms. The van der Waals surface area contributed by atoms with Crippen LogP contribution in [0.5, 0.6) is 0 Å². The molecule has 5 nitrogen and oxygen atoms in total. The summed E-state index contributed by atoms with van der Waals surface area (Å²) < 4.78 is 38.8. The van der Waals surface area contributed by atoms with Crippen LogP contribution in [-0.4, -0.2) is 40.8 Å². The Morgan fingerprint density at radius 2 is 2.07 bits per heavy atom. The summed E-state index contributed by atoms with van der Waals surface area (Å²) in [4.78, 5) is 30.6. The van der Waals surface area contributed by atoms with Gasteiger partial charge in [0.25, 0.3) is 5.91 Å². The molecule has 156 valence electrons. The summed E-state index contributed by atoms with van der Waals surface area (Å²) in [6.45, 7) is 4.58. The number of hydrogen-bond acceptors (Lipinski definition) is 4. The number of thiazole rings is 1. The maximum Gasteiger partial charge on any atom is 0.416 e. The van der Waals surface area contributed by atoms with Gasteiger partial charge in [0.05, 0.1) is 5.56 Å². The van der Waals surface area contributed by atoms with Crippen molar-refractivity contribution in [2.45, 2.75) is 38.9 Å². The molecule has 2 aromatic rings. The lowest BCUT2D eigenvalue weighted by Gasteiger charge is -2.33. The summed E-state index contributed by atoms with van der Waals surface area (Å²) in [5, 5.41) is 4.87. The number of benzene rings is 1. The zero-order chi connectivity index (χ0) is 21.2. The fourth-order valence-electron chi connectivity index (χ4n) is 3.14. The molecular weight excluding hydrogens is 403 g/mol. The summed E-state index contributed by atoms with van der Waals surface area (Å²) in [5.41, 5.74) is -0.222. The van der Waals surface area contributed by atoms with Gasteiger partial charge in [-0.3, -0.25) is 9.59 Å². The van der Waals surface area contributed by atoms with E-state index in [9.17, 15) is 22.8 Å². The summed E-state index contributed by atoms with van der Waals surface area (Å²) in [7, 11) is 0. The van der Waals surface area contributed by atoms with Gasteiger partial charge in [-0.15, -0.1) is 11.3 Å². The van der Waals surface area contributed by atoms with Crippen LogP contribution in [0.4, 0.5) is 13.2 Å². The first-order chi connectivity index (χ1) is 13.6. The predicted octanol–water partition coefficient (Wildman–Crippen LogP) is 4.21. The molecule has 0 spiro atoms. The Hall–Kier alpha value is -2.42. The normalized spacial score (nSPS) is 17.4. The molecular formula is C20H22F3N3O2S. The van der Waals surface area contributed by atoms with Crippen molar-refractivity contribution in [2.24, 2.45) is 5.92 Å². The molecule has 1 aromatic heterocycles. The monoisotopic (exact) mass is 425 g/mol. The highest BCUT2D eigenvalue weighted by Crippen LogP contribution is 2.33. The molecule has 1 atom stereocenters. The highest BCUT2D eigenvalue weighted by Gasteiger charge is 2.31. The van der Waals surface area contributed by atoms with Crippen LogP contribution < -0.4 is 5.32 Å². The van der Waals surface area contributed by atoms with E-state index in [2.05, 4.69) is 10.3 Å². The highest BCUT2D eigenvalue weighted by atomic mass is 32.1. The van der Waals surface area contributed by atoms with Crippen LogP contribution in [0.3, 0.4) is 0 Å².